The molecule has 0 amide bonds. The van der Waals surface area contributed by atoms with E-state index in [0.717, 1.165) is 19.3 Å². The molecule has 2 aromatic heterocycles. The van der Waals surface area contributed by atoms with Gasteiger partial charge in [-0.25, -0.2) is 19.6 Å². The summed E-state index contributed by atoms with van der Waals surface area (Å²) in [6.45, 7) is 2.11. The molecule has 0 saturated heterocycles. The minimum absolute atomic E-state index is 0.228. The molecule has 0 unspecified atom stereocenters. The van der Waals surface area contributed by atoms with Crippen molar-refractivity contribution in [2.24, 2.45) is 0 Å². The lowest BCUT2D eigenvalue weighted by Gasteiger charge is -2.13. The fraction of sp³-hybridized carbons (Fsp3) is 0.273. The van der Waals surface area contributed by atoms with E-state index in [4.69, 9.17) is 8.83 Å². The van der Waals surface area contributed by atoms with Gasteiger partial charge in [-0.3, -0.25) is 0 Å². The normalized spacial score (nSPS) is 11.5. The number of unbranched alkanes of at least 4 members (excludes halogenated alkanes) is 2. The maximum atomic E-state index is 12.4. The number of hydrogen-bond donors (Lipinski definition) is 0. The quantitative estimate of drug-likeness (QED) is 0.464. The van der Waals surface area contributed by atoms with Crippen LogP contribution < -0.4 is 11.3 Å². The lowest BCUT2D eigenvalue weighted by atomic mass is 10.0. The molecule has 0 saturated carbocycles. The lowest BCUT2D eigenvalue weighted by Crippen LogP contribution is -2.14. The van der Waals surface area contributed by atoms with E-state index < -0.39 is 17.2 Å². The molecule has 0 radical (unpaired) electrons. The van der Waals surface area contributed by atoms with Gasteiger partial charge < -0.3 is 8.83 Å². The lowest BCUT2D eigenvalue weighted by molar-refractivity contribution is 0.349. The molecule has 4 rings (SSSR count). The largest absolute Gasteiger partial charge is 0.407 e. The third-order valence-electron chi connectivity index (χ3n) is 4.80. The number of rotatable bonds is 6. The molecule has 0 atom stereocenters. The van der Waals surface area contributed by atoms with Crippen molar-refractivity contribution in [2.45, 2.75) is 38.5 Å². The van der Waals surface area contributed by atoms with Crippen LogP contribution in [0.3, 0.4) is 0 Å². The van der Waals surface area contributed by atoms with Gasteiger partial charge in [0.15, 0.2) is 0 Å². The number of hydrogen-bond acceptors (Lipinski definition) is 6. The Morgan fingerprint density at radius 2 is 1.29 bits per heavy atom. The fourth-order valence-electron chi connectivity index (χ4n) is 3.32. The molecule has 6 nitrogen and oxygen atoms in total. The molecule has 0 aliphatic heterocycles. The van der Waals surface area contributed by atoms with Crippen molar-refractivity contribution in [1.82, 2.24) is 9.97 Å². The third-order valence-corrected chi connectivity index (χ3v) is 4.80. The zero-order valence-electron chi connectivity index (χ0n) is 15.6. The Bertz CT molecular complexity index is 1150. The first-order valence-corrected chi connectivity index (χ1v) is 9.47. The van der Waals surface area contributed by atoms with Crippen molar-refractivity contribution >= 4 is 21.8 Å². The standard InChI is InChI=1S/C22H20N2O4/c1-2-3-4-11-16(19-23-17-12-7-5-9-14(17)21(25)27-19)20-24-18-13-8-6-10-15(18)22(26)28-20/h5-10,12-13,16H,2-4,11H2,1H3. The molecular weight excluding hydrogens is 356 g/mol. The molecule has 0 N–H and O–H groups in total. The smallest absolute Gasteiger partial charge is 0.346 e. The van der Waals surface area contributed by atoms with Crippen LogP contribution in [0.15, 0.2) is 67.0 Å². The number of aromatic nitrogens is 2. The first kappa shape index (κ1) is 18.1. The minimum atomic E-state index is -0.499. The Hall–Kier alpha value is -3.28. The van der Waals surface area contributed by atoms with E-state index in [2.05, 4.69) is 16.9 Å². The SMILES string of the molecule is CCCCCC(c1nc2ccccc2c(=O)o1)c1nc2ccccc2c(=O)o1. The Kier molecular flexibility index (Phi) is 5.02. The van der Waals surface area contributed by atoms with Gasteiger partial charge in [-0.05, 0) is 30.7 Å². The molecule has 0 fully saturated rings. The summed E-state index contributed by atoms with van der Waals surface area (Å²) < 4.78 is 11.0. The molecule has 4 aromatic rings. The monoisotopic (exact) mass is 376 g/mol. The summed E-state index contributed by atoms with van der Waals surface area (Å²) in [6.07, 6.45) is 3.54. The molecule has 6 heteroatoms. The second-order valence-electron chi connectivity index (χ2n) is 6.76. The van der Waals surface area contributed by atoms with E-state index in [1.807, 2.05) is 12.1 Å². The highest BCUT2D eigenvalue weighted by Gasteiger charge is 2.25. The topological polar surface area (TPSA) is 86.2 Å². The van der Waals surface area contributed by atoms with Crippen LogP contribution in [0.4, 0.5) is 0 Å². The summed E-state index contributed by atoms with van der Waals surface area (Å²) in [7, 11) is 0. The van der Waals surface area contributed by atoms with Gasteiger partial charge in [0.1, 0.15) is 5.92 Å². The number of nitrogens with zero attached hydrogens (tertiary/aromatic N) is 2. The van der Waals surface area contributed by atoms with Gasteiger partial charge in [0.25, 0.3) is 0 Å². The molecule has 0 bridgehead atoms. The third kappa shape index (κ3) is 3.45. The molecule has 142 valence electrons. The number of fused-ring (bicyclic) bond motifs is 2. The summed E-state index contributed by atoms with van der Waals surface area (Å²) in [5, 5.41) is 0.845. The van der Waals surface area contributed by atoms with Crippen LogP contribution in [0.2, 0.25) is 0 Å². The first-order valence-electron chi connectivity index (χ1n) is 9.47. The molecular formula is C22H20N2O4. The Balaban J connectivity index is 1.86. The zero-order valence-corrected chi connectivity index (χ0v) is 15.6. The Morgan fingerprint density at radius 1 is 0.786 bits per heavy atom. The highest BCUT2D eigenvalue weighted by Crippen LogP contribution is 2.28. The van der Waals surface area contributed by atoms with E-state index in [1.165, 1.54) is 0 Å². The number of para-hydroxylation sites is 2. The van der Waals surface area contributed by atoms with Crippen LogP contribution in [0.25, 0.3) is 21.8 Å². The summed E-state index contributed by atoms with van der Waals surface area (Å²) in [6, 6.07) is 14.1. The van der Waals surface area contributed by atoms with E-state index in [0.29, 0.717) is 28.2 Å². The molecule has 2 heterocycles. The van der Waals surface area contributed by atoms with Crippen LogP contribution >= 0.6 is 0 Å². The Labute approximate surface area is 160 Å². The fourth-order valence-corrected chi connectivity index (χ4v) is 3.32. The zero-order chi connectivity index (χ0) is 19.5. The van der Waals surface area contributed by atoms with Crippen LogP contribution in [0.5, 0.6) is 0 Å². The van der Waals surface area contributed by atoms with E-state index in [-0.39, 0.29) is 11.8 Å². The van der Waals surface area contributed by atoms with Crippen LogP contribution in [-0.2, 0) is 0 Å². The first-order chi connectivity index (χ1) is 13.7. The Morgan fingerprint density at radius 3 is 1.79 bits per heavy atom. The van der Waals surface area contributed by atoms with Crippen LogP contribution in [0.1, 0.15) is 50.3 Å². The van der Waals surface area contributed by atoms with Crippen molar-refractivity contribution in [1.29, 1.82) is 0 Å². The van der Waals surface area contributed by atoms with Crippen molar-refractivity contribution in [3.63, 3.8) is 0 Å². The van der Waals surface area contributed by atoms with Crippen molar-refractivity contribution in [3.05, 3.63) is 81.2 Å². The van der Waals surface area contributed by atoms with E-state index in [1.54, 1.807) is 36.4 Å². The molecule has 0 aliphatic carbocycles. The molecule has 2 aromatic carbocycles. The van der Waals surface area contributed by atoms with Gasteiger partial charge in [-0.2, -0.15) is 0 Å². The average molecular weight is 376 g/mol. The predicted molar refractivity (Wildman–Crippen MR) is 107 cm³/mol. The molecule has 0 aliphatic rings. The van der Waals surface area contributed by atoms with Crippen molar-refractivity contribution in [2.75, 3.05) is 0 Å². The van der Waals surface area contributed by atoms with Gasteiger partial charge in [0, 0.05) is 0 Å². The van der Waals surface area contributed by atoms with Gasteiger partial charge in [0.2, 0.25) is 11.8 Å². The summed E-state index contributed by atoms with van der Waals surface area (Å²) in [4.78, 5) is 33.9. The predicted octanol–water partition coefficient (Wildman–Crippen LogP) is 4.40. The van der Waals surface area contributed by atoms with Gasteiger partial charge in [-0.15, -0.1) is 0 Å². The maximum Gasteiger partial charge on any atom is 0.346 e. The number of benzene rings is 2. The van der Waals surface area contributed by atoms with Crippen LogP contribution in [0, 0.1) is 0 Å². The van der Waals surface area contributed by atoms with Crippen molar-refractivity contribution < 1.29 is 8.83 Å². The van der Waals surface area contributed by atoms with Gasteiger partial charge in [-0.1, -0.05) is 50.5 Å². The van der Waals surface area contributed by atoms with Gasteiger partial charge >= 0.3 is 11.3 Å². The average Bonchev–Trinajstić information content (AvgIpc) is 2.71. The van der Waals surface area contributed by atoms with Crippen LogP contribution in [-0.4, -0.2) is 9.97 Å². The van der Waals surface area contributed by atoms with E-state index >= 15 is 0 Å². The molecule has 28 heavy (non-hydrogen) atoms. The summed E-state index contributed by atoms with van der Waals surface area (Å²) in [5.41, 5.74) is 0.197. The van der Waals surface area contributed by atoms with Crippen molar-refractivity contribution in [3.8, 4) is 0 Å². The summed E-state index contributed by atoms with van der Waals surface area (Å²) in [5.74, 6) is -0.0439. The minimum Gasteiger partial charge on any atom is -0.407 e. The second-order valence-corrected chi connectivity index (χ2v) is 6.76. The second kappa shape index (κ2) is 7.76. The maximum absolute atomic E-state index is 12.4. The molecule has 0 spiro atoms. The highest BCUT2D eigenvalue weighted by atomic mass is 16.4. The van der Waals surface area contributed by atoms with Gasteiger partial charge in [0.05, 0.1) is 21.8 Å². The highest BCUT2D eigenvalue weighted by molar-refractivity contribution is 5.77. The van der Waals surface area contributed by atoms with E-state index in [9.17, 15) is 9.59 Å². The summed E-state index contributed by atoms with van der Waals surface area (Å²) >= 11 is 0.